The van der Waals surface area contributed by atoms with Crippen molar-refractivity contribution in [2.45, 2.75) is 4.21 Å². The predicted octanol–water partition coefficient (Wildman–Crippen LogP) is 3.67. The van der Waals surface area contributed by atoms with Gasteiger partial charge in [-0.05, 0) is 41.8 Å². The first-order valence-corrected chi connectivity index (χ1v) is 9.19. The molecular weight excluding hydrogens is 354 g/mol. The number of guanidine groups is 1. The molecule has 3 N–H and O–H groups in total. The fourth-order valence-electron chi connectivity index (χ4n) is 1.96. The molecular formula is C15H12ClN3O2S2. The molecule has 1 heterocycles. The third kappa shape index (κ3) is 3.64. The maximum absolute atomic E-state index is 12.3. The Labute approximate surface area is 142 Å². The lowest BCUT2D eigenvalue weighted by molar-refractivity contribution is 0.600. The van der Waals surface area contributed by atoms with Crippen molar-refractivity contribution in [1.29, 1.82) is 0 Å². The standard InChI is InChI=1S/C15H12ClN3O2S2/c16-11-5-7-12(8-6-11)18-15(17)19-23(20,21)14-9-10-3-1-2-4-13(10)22-14/h1-9H,(H3,17,18,19). The second-order valence-corrected chi connectivity index (χ2v) is 8.04. The van der Waals surface area contributed by atoms with Gasteiger partial charge >= 0.3 is 0 Å². The Morgan fingerprint density at radius 1 is 1.13 bits per heavy atom. The van der Waals surface area contributed by atoms with E-state index in [0.717, 1.165) is 21.4 Å². The molecule has 118 valence electrons. The van der Waals surface area contributed by atoms with Gasteiger partial charge in [0.1, 0.15) is 4.21 Å². The zero-order valence-electron chi connectivity index (χ0n) is 11.7. The van der Waals surface area contributed by atoms with Crippen LogP contribution < -0.4 is 11.1 Å². The lowest BCUT2D eigenvalue weighted by Gasteiger charge is -2.05. The van der Waals surface area contributed by atoms with Gasteiger partial charge in [-0.3, -0.25) is 0 Å². The van der Waals surface area contributed by atoms with Crippen LogP contribution in [-0.2, 0) is 10.0 Å². The van der Waals surface area contributed by atoms with Crippen molar-refractivity contribution in [1.82, 2.24) is 0 Å². The highest BCUT2D eigenvalue weighted by atomic mass is 35.5. The minimum absolute atomic E-state index is 0.152. The van der Waals surface area contributed by atoms with E-state index in [1.807, 2.05) is 24.3 Å². The number of fused-ring (bicyclic) bond motifs is 1. The van der Waals surface area contributed by atoms with Crippen molar-refractivity contribution in [2.75, 3.05) is 5.32 Å². The molecule has 2 aromatic carbocycles. The minimum Gasteiger partial charge on any atom is -0.369 e. The zero-order valence-corrected chi connectivity index (χ0v) is 14.1. The molecule has 0 fully saturated rings. The van der Waals surface area contributed by atoms with Crippen LogP contribution in [0.5, 0.6) is 0 Å². The fourth-order valence-corrected chi connectivity index (χ4v) is 4.36. The number of hydrogen-bond acceptors (Lipinski definition) is 3. The summed E-state index contributed by atoms with van der Waals surface area (Å²) in [7, 11) is -3.86. The Hall–Kier alpha value is -2.09. The number of halogens is 1. The molecule has 0 amide bonds. The van der Waals surface area contributed by atoms with E-state index >= 15 is 0 Å². The molecule has 0 atom stereocenters. The fraction of sp³-hybridized carbons (Fsp3) is 0. The highest BCUT2D eigenvalue weighted by molar-refractivity contribution is 7.92. The van der Waals surface area contributed by atoms with Crippen LogP contribution in [-0.4, -0.2) is 14.4 Å². The first-order chi connectivity index (χ1) is 10.9. The van der Waals surface area contributed by atoms with Crippen LogP contribution in [0.4, 0.5) is 5.69 Å². The monoisotopic (exact) mass is 365 g/mol. The molecule has 0 aliphatic heterocycles. The van der Waals surface area contributed by atoms with E-state index in [9.17, 15) is 8.42 Å². The Kier molecular flexibility index (Phi) is 4.25. The minimum atomic E-state index is -3.86. The van der Waals surface area contributed by atoms with Crippen molar-refractivity contribution < 1.29 is 8.42 Å². The van der Waals surface area contributed by atoms with Crippen molar-refractivity contribution in [3.05, 3.63) is 59.6 Å². The Bertz CT molecular complexity index is 946. The van der Waals surface area contributed by atoms with Gasteiger partial charge in [0, 0.05) is 15.4 Å². The third-order valence-electron chi connectivity index (χ3n) is 2.99. The summed E-state index contributed by atoms with van der Waals surface area (Å²) in [6.45, 7) is 0. The van der Waals surface area contributed by atoms with Gasteiger partial charge in [-0.25, -0.2) is 0 Å². The molecule has 0 aliphatic carbocycles. The molecule has 0 unspecified atom stereocenters. The Morgan fingerprint density at radius 3 is 2.52 bits per heavy atom. The smallest absolute Gasteiger partial charge is 0.295 e. The number of sulfonamides is 1. The molecule has 3 rings (SSSR count). The summed E-state index contributed by atoms with van der Waals surface area (Å²) in [6, 6.07) is 15.7. The Morgan fingerprint density at radius 2 is 1.83 bits per heavy atom. The normalized spacial score (nSPS) is 12.5. The summed E-state index contributed by atoms with van der Waals surface area (Å²) in [6.07, 6.45) is 0. The Balaban J connectivity index is 1.88. The number of benzene rings is 2. The molecule has 0 aliphatic rings. The molecule has 0 saturated heterocycles. The molecule has 23 heavy (non-hydrogen) atoms. The van der Waals surface area contributed by atoms with Gasteiger partial charge in [-0.1, -0.05) is 29.8 Å². The molecule has 8 heteroatoms. The van der Waals surface area contributed by atoms with E-state index in [2.05, 4.69) is 9.71 Å². The van der Waals surface area contributed by atoms with Crippen LogP contribution in [0.3, 0.4) is 0 Å². The lowest BCUT2D eigenvalue weighted by atomic mass is 10.3. The number of anilines is 1. The number of nitrogens with two attached hydrogens (primary N) is 1. The first-order valence-electron chi connectivity index (χ1n) is 6.56. The summed E-state index contributed by atoms with van der Waals surface area (Å²) < 4.78 is 29.3. The second-order valence-electron chi connectivity index (χ2n) is 4.69. The molecule has 0 bridgehead atoms. The number of thiophene rings is 1. The molecule has 5 nitrogen and oxygen atoms in total. The number of hydrogen-bond donors (Lipinski definition) is 2. The van der Waals surface area contributed by atoms with Crippen LogP contribution in [0.25, 0.3) is 10.1 Å². The number of nitrogens with zero attached hydrogens (tertiary/aromatic N) is 1. The van der Waals surface area contributed by atoms with Gasteiger partial charge in [0.2, 0.25) is 5.96 Å². The number of rotatable bonds is 3. The largest absolute Gasteiger partial charge is 0.369 e. The van der Waals surface area contributed by atoms with E-state index in [1.165, 1.54) is 0 Å². The predicted molar refractivity (Wildman–Crippen MR) is 95.7 cm³/mol. The van der Waals surface area contributed by atoms with Gasteiger partial charge in [-0.15, -0.1) is 15.7 Å². The van der Waals surface area contributed by atoms with E-state index in [1.54, 1.807) is 30.3 Å². The van der Waals surface area contributed by atoms with Gasteiger partial charge in [0.05, 0.1) is 0 Å². The molecule has 0 radical (unpaired) electrons. The van der Waals surface area contributed by atoms with Gasteiger partial charge in [0.15, 0.2) is 0 Å². The van der Waals surface area contributed by atoms with Crippen LogP contribution >= 0.6 is 22.9 Å². The van der Waals surface area contributed by atoms with Crippen LogP contribution in [0.2, 0.25) is 5.02 Å². The SMILES string of the molecule is N/C(=N\S(=O)(=O)c1cc2ccccc2s1)Nc1ccc(Cl)cc1. The van der Waals surface area contributed by atoms with Crippen molar-refractivity contribution in [3.8, 4) is 0 Å². The second kappa shape index (κ2) is 6.19. The van der Waals surface area contributed by atoms with E-state index < -0.39 is 10.0 Å². The van der Waals surface area contributed by atoms with Crippen LogP contribution in [0.1, 0.15) is 0 Å². The maximum Gasteiger partial charge on any atom is 0.295 e. The third-order valence-corrected chi connectivity index (χ3v) is 6.10. The van der Waals surface area contributed by atoms with Gasteiger partial charge in [0.25, 0.3) is 10.0 Å². The summed E-state index contributed by atoms with van der Waals surface area (Å²) in [5.41, 5.74) is 6.29. The molecule has 0 spiro atoms. The zero-order chi connectivity index (χ0) is 16.4. The van der Waals surface area contributed by atoms with E-state index in [0.29, 0.717) is 10.7 Å². The summed E-state index contributed by atoms with van der Waals surface area (Å²) in [5, 5.41) is 4.15. The summed E-state index contributed by atoms with van der Waals surface area (Å²) in [5.74, 6) is -0.204. The summed E-state index contributed by atoms with van der Waals surface area (Å²) in [4.78, 5) is 0. The first kappa shape index (κ1) is 15.8. The van der Waals surface area contributed by atoms with Crippen molar-refractivity contribution in [2.24, 2.45) is 10.1 Å². The highest BCUT2D eigenvalue weighted by Gasteiger charge is 2.17. The topological polar surface area (TPSA) is 84.5 Å². The molecule has 0 saturated carbocycles. The molecule has 1 aromatic heterocycles. The van der Waals surface area contributed by atoms with Crippen LogP contribution in [0.15, 0.2) is 63.2 Å². The van der Waals surface area contributed by atoms with E-state index in [4.69, 9.17) is 17.3 Å². The highest BCUT2D eigenvalue weighted by Crippen LogP contribution is 2.29. The number of nitrogens with one attached hydrogen (secondary N) is 1. The lowest BCUT2D eigenvalue weighted by Crippen LogP contribution is -2.23. The van der Waals surface area contributed by atoms with Crippen molar-refractivity contribution >= 4 is 54.7 Å². The van der Waals surface area contributed by atoms with E-state index in [-0.39, 0.29) is 10.2 Å². The molecule has 3 aromatic rings. The maximum atomic E-state index is 12.3. The van der Waals surface area contributed by atoms with Crippen molar-refractivity contribution in [3.63, 3.8) is 0 Å². The summed E-state index contributed by atoms with van der Waals surface area (Å²) >= 11 is 6.95. The quantitative estimate of drug-likeness (QED) is 0.547. The average molecular weight is 366 g/mol. The van der Waals surface area contributed by atoms with Gasteiger partial charge in [-0.2, -0.15) is 8.42 Å². The van der Waals surface area contributed by atoms with Gasteiger partial charge < -0.3 is 11.1 Å². The average Bonchev–Trinajstić information content (AvgIpc) is 2.94. The van der Waals surface area contributed by atoms with Crippen LogP contribution in [0, 0.1) is 0 Å².